The van der Waals surface area contributed by atoms with E-state index in [2.05, 4.69) is 4.72 Å². The molecule has 2 aromatic rings. The van der Waals surface area contributed by atoms with Crippen LogP contribution in [0.4, 0.5) is 11.4 Å². The molecule has 2 rings (SSSR count). The van der Waals surface area contributed by atoms with Gasteiger partial charge in [0.05, 0.1) is 26.2 Å². The van der Waals surface area contributed by atoms with E-state index in [1.165, 1.54) is 38.4 Å². The highest BCUT2D eigenvalue weighted by Gasteiger charge is 2.22. The van der Waals surface area contributed by atoms with E-state index in [1.54, 1.807) is 18.2 Å². The number of benzene rings is 2. The number of halogens is 1. The molecule has 0 spiro atoms. The topological polar surface area (TPSA) is 86.8 Å². The lowest BCUT2D eigenvalue weighted by Crippen LogP contribution is -2.24. The van der Waals surface area contributed by atoms with Crippen LogP contribution in [-0.2, 0) is 20.0 Å². The van der Waals surface area contributed by atoms with Crippen molar-refractivity contribution in [3.05, 3.63) is 47.5 Å². The second-order valence-electron chi connectivity index (χ2n) is 6.17. The minimum absolute atomic E-state index is 0.0167. The molecule has 0 aliphatic rings. The van der Waals surface area contributed by atoms with E-state index in [0.29, 0.717) is 29.5 Å². The Morgan fingerprint density at radius 3 is 1.93 bits per heavy atom. The molecule has 0 radical (unpaired) electrons. The summed E-state index contributed by atoms with van der Waals surface area (Å²) in [5.74, 6) is 0. The molecule has 10 heteroatoms. The summed E-state index contributed by atoms with van der Waals surface area (Å²) in [7, 11) is -4.74. The number of rotatable bonds is 8. The second kappa shape index (κ2) is 8.69. The van der Waals surface area contributed by atoms with Crippen molar-refractivity contribution in [2.75, 3.05) is 36.8 Å². The third kappa shape index (κ3) is 4.60. The molecule has 0 fully saturated rings. The van der Waals surface area contributed by atoms with Crippen molar-refractivity contribution in [1.29, 1.82) is 0 Å². The van der Waals surface area contributed by atoms with Crippen LogP contribution in [0.25, 0.3) is 0 Å². The Morgan fingerprint density at radius 1 is 0.893 bits per heavy atom. The molecule has 28 heavy (non-hydrogen) atoms. The summed E-state index contributed by atoms with van der Waals surface area (Å²) < 4.78 is 53.6. The van der Waals surface area contributed by atoms with Crippen LogP contribution in [0.5, 0.6) is 0 Å². The largest absolute Gasteiger partial charge is 0.369 e. The van der Waals surface area contributed by atoms with Crippen LogP contribution < -0.4 is 9.62 Å². The van der Waals surface area contributed by atoms with Crippen molar-refractivity contribution < 1.29 is 16.8 Å². The highest BCUT2D eigenvalue weighted by atomic mass is 35.5. The van der Waals surface area contributed by atoms with Crippen LogP contribution in [0.3, 0.4) is 0 Å². The number of nitrogens with zero attached hydrogens (tertiary/aromatic N) is 2. The van der Waals surface area contributed by atoms with Gasteiger partial charge in [0.15, 0.2) is 0 Å². The molecule has 0 saturated carbocycles. The highest BCUT2D eigenvalue weighted by Crippen LogP contribution is 2.35. The van der Waals surface area contributed by atoms with Crippen LogP contribution in [0.1, 0.15) is 13.8 Å². The van der Waals surface area contributed by atoms with Crippen LogP contribution >= 0.6 is 11.6 Å². The SMILES string of the molecule is CCN(CC)c1c(Cl)cccc1NS(=O)(=O)c1ccc(S(=O)(=O)N(C)C)cc1. The Bertz CT molecular complexity index is 1030. The van der Waals surface area contributed by atoms with Gasteiger partial charge in [0.2, 0.25) is 10.0 Å². The fourth-order valence-electron chi connectivity index (χ4n) is 2.66. The Hall–Kier alpha value is -1.81. The Morgan fingerprint density at radius 2 is 1.43 bits per heavy atom. The first kappa shape index (κ1) is 22.5. The van der Waals surface area contributed by atoms with Gasteiger partial charge in [-0.15, -0.1) is 0 Å². The average Bonchev–Trinajstić information content (AvgIpc) is 2.64. The fraction of sp³-hybridized carbons (Fsp3) is 0.333. The predicted octanol–water partition coefficient (Wildman–Crippen LogP) is 3.24. The molecule has 2 aromatic carbocycles. The van der Waals surface area contributed by atoms with Gasteiger partial charge in [-0.1, -0.05) is 17.7 Å². The maximum absolute atomic E-state index is 12.8. The first-order valence-electron chi connectivity index (χ1n) is 8.63. The zero-order valence-electron chi connectivity index (χ0n) is 16.2. The van der Waals surface area contributed by atoms with Gasteiger partial charge in [0.25, 0.3) is 10.0 Å². The van der Waals surface area contributed by atoms with E-state index >= 15 is 0 Å². The third-order valence-corrected chi connectivity index (χ3v) is 7.74. The van der Waals surface area contributed by atoms with Gasteiger partial charge in [-0.25, -0.2) is 21.1 Å². The molecule has 1 N–H and O–H groups in total. The summed E-state index contributed by atoms with van der Waals surface area (Å²) in [6.45, 7) is 5.22. The van der Waals surface area contributed by atoms with E-state index in [-0.39, 0.29) is 9.79 Å². The molecule has 0 unspecified atom stereocenters. The van der Waals surface area contributed by atoms with Crippen molar-refractivity contribution in [2.45, 2.75) is 23.6 Å². The summed E-state index contributed by atoms with van der Waals surface area (Å²) in [6, 6.07) is 10.1. The first-order valence-corrected chi connectivity index (χ1v) is 11.9. The lowest BCUT2D eigenvalue weighted by molar-refractivity contribution is 0.520. The molecule has 7 nitrogen and oxygen atoms in total. The summed E-state index contributed by atoms with van der Waals surface area (Å²) in [5, 5.41) is 0.441. The standard InChI is InChI=1S/C18H24ClN3O4S2/c1-5-22(6-2)18-16(19)8-7-9-17(18)20-27(23,24)14-10-12-15(13-11-14)28(25,26)21(3)4/h7-13,20H,5-6H2,1-4H3. The van der Waals surface area contributed by atoms with Gasteiger partial charge in [-0.3, -0.25) is 4.72 Å². The van der Waals surface area contributed by atoms with Gasteiger partial charge < -0.3 is 4.90 Å². The van der Waals surface area contributed by atoms with Crippen LogP contribution in [0.15, 0.2) is 52.3 Å². The Balaban J connectivity index is 2.42. The number of hydrogen-bond donors (Lipinski definition) is 1. The number of para-hydroxylation sites is 1. The van der Waals surface area contributed by atoms with E-state index in [4.69, 9.17) is 11.6 Å². The minimum Gasteiger partial charge on any atom is -0.369 e. The molecule has 0 aliphatic carbocycles. The molecular formula is C18H24ClN3O4S2. The van der Waals surface area contributed by atoms with Crippen molar-refractivity contribution >= 4 is 43.0 Å². The van der Waals surface area contributed by atoms with Gasteiger partial charge >= 0.3 is 0 Å². The second-order valence-corrected chi connectivity index (χ2v) is 10.4. The zero-order valence-corrected chi connectivity index (χ0v) is 18.6. The van der Waals surface area contributed by atoms with Gasteiger partial charge in [-0.05, 0) is 50.2 Å². The molecule has 0 atom stereocenters. The molecule has 0 heterocycles. The van der Waals surface area contributed by atoms with Crippen LogP contribution in [0, 0.1) is 0 Å². The third-order valence-electron chi connectivity index (χ3n) is 4.22. The summed E-state index contributed by atoms with van der Waals surface area (Å²) in [5.41, 5.74) is 0.964. The number of sulfonamides is 2. The lowest BCUT2D eigenvalue weighted by Gasteiger charge is -2.25. The average molecular weight is 446 g/mol. The smallest absolute Gasteiger partial charge is 0.261 e. The molecule has 0 aliphatic heterocycles. The Kier molecular flexibility index (Phi) is 6.97. The molecule has 0 aromatic heterocycles. The first-order chi connectivity index (χ1) is 13.0. The van der Waals surface area contributed by atoms with Crippen molar-refractivity contribution in [3.63, 3.8) is 0 Å². The van der Waals surface area contributed by atoms with Crippen molar-refractivity contribution in [3.8, 4) is 0 Å². The number of nitrogens with one attached hydrogen (secondary N) is 1. The number of hydrogen-bond acceptors (Lipinski definition) is 5. The molecule has 0 bridgehead atoms. The van der Waals surface area contributed by atoms with Gasteiger partial charge in [-0.2, -0.15) is 0 Å². The van der Waals surface area contributed by atoms with Crippen molar-refractivity contribution in [2.24, 2.45) is 0 Å². The fourth-order valence-corrected chi connectivity index (χ4v) is 4.93. The van der Waals surface area contributed by atoms with Gasteiger partial charge in [0.1, 0.15) is 0 Å². The minimum atomic E-state index is -3.93. The van der Waals surface area contributed by atoms with Gasteiger partial charge in [0, 0.05) is 27.2 Å². The highest BCUT2D eigenvalue weighted by molar-refractivity contribution is 7.92. The zero-order chi connectivity index (χ0) is 21.1. The monoisotopic (exact) mass is 445 g/mol. The normalized spacial score (nSPS) is 12.2. The quantitative estimate of drug-likeness (QED) is 0.674. The Labute approximate surface area is 172 Å². The van der Waals surface area contributed by atoms with E-state index < -0.39 is 20.0 Å². The van der Waals surface area contributed by atoms with Crippen LogP contribution in [0.2, 0.25) is 5.02 Å². The van der Waals surface area contributed by atoms with E-state index in [0.717, 1.165) is 4.31 Å². The predicted molar refractivity (Wildman–Crippen MR) is 113 cm³/mol. The molecule has 0 amide bonds. The van der Waals surface area contributed by atoms with Crippen LogP contribution in [-0.4, -0.2) is 48.3 Å². The summed E-state index contributed by atoms with van der Waals surface area (Å²) in [6.07, 6.45) is 0. The molecule has 0 saturated heterocycles. The maximum atomic E-state index is 12.8. The van der Waals surface area contributed by atoms with Crippen molar-refractivity contribution in [1.82, 2.24) is 4.31 Å². The molecular weight excluding hydrogens is 422 g/mol. The number of anilines is 2. The maximum Gasteiger partial charge on any atom is 0.261 e. The lowest BCUT2D eigenvalue weighted by atomic mass is 10.2. The molecule has 154 valence electrons. The summed E-state index contributed by atoms with van der Waals surface area (Å²) >= 11 is 6.31. The summed E-state index contributed by atoms with van der Waals surface area (Å²) in [4.78, 5) is 1.92. The van der Waals surface area contributed by atoms with E-state index in [1.807, 2.05) is 18.7 Å². The van der Waals surface area contributed by atoms with E-state index in [9.17, 15) is 16.8 Å².